The Hall–Kier alpha value is -2.89. The number of esters is 1. The van der Waals surface area contributed by atoms with E-state index in [0.717, 1.165) is 19.6 Å². The summed E-state index contributed by atoms with van der Waals surface area (Å²) in [6.45, 7) is 4.02. The third kappa shape index (κ3) is 5.05. The van der Waals surface area contributed by atoms with Crippen molar-refractivity contribution in [2.45, 2.75) is 0 Å². The quantitative estimate of drug-likeness (QED) is 0.430. The van der Waals surface area contributed by atoms with E-state index in [1.807, 2.05) is 6.07 Å². The minimum atomic E-state index is -0.454. The highest BCUT2D eigenvalue weighted by Crippen LogP contribution is 2.13. The number of nitrogens with one attached hydrogen (secondary N) is 1. The number of carbonyl (C=O) groups is 2. The van der Waals surface area contributed by atoms with Crippen LogP contribution in [-0.4, -0.2) is 68.1 Å². The van der Waals surface area contributed by atoms with Gasteiger partial charge < -0.3 is 20.7 Å². The SMILES string of the molecule is COC(=O)c1cccc(N/C=C(/C#N)C(=O)N2CCN(CCN)CC2)c1. The molecule has 1 aromatic carbocycles. The lowest BCUT2D eigenvalue weighted by atomic mass is 10.2. The summed E-state index contributed by atoms with van der Waals surface area (Å²) in [4.78, 5) is 27.9. The molecule has 8 nitrogen and oxygen atoms in total. The molecule has 0 radical (unpaired) electrons. The molecule has 0 unspecified atom stereocenters. The minimum Gasteiger partial charge on any atom is -0.465 e. The summed E-state index contributed by atoms with van der Waals surface area (Å²) in [7, 11) is 1.31. The van der Waals surface area contributed by atoms with Crippen LogP contribution in [0.2, 0.25) is 0 Å². The second kappa shape index (κ2) is 9.56. The van der Waals surface area contributed by atoms with Gasteiger partial charge in [-0.15, -0.1) is 0 Å². The molecular formula is C18H23N5O3. The van der Waals surface area contributed by atoms with Crippen molar-refractivity contribution in [2.24, 2.45) is 5.73 Å². The fourth-order valence-electron chi connectivity index (χ4n) is 2.68. The Labute approximate surface area is 152 Å². The summed E-state index contributed by atoms with van der Waals surface area (Å²) in [5.74, 6) is -0.763. The molecule has 1 aromatic rings. The first-order chi connectivity index (χ1) is 12.6. The molecule has 1 amide bonds. The molecule has 0 aromatic heterocycles. The molecular weight excluding hydrogens is 334 g/mol. The Bertz CT molecular complexity index is 718. The standard InChI is InChI=1S/C18H23N5O3/c1-26-18(25)14-3-2-4-16(11-14)21-13-15(12-20)17(24)23-9-7-22(6-5-19)8-10-23/h2-4,11,13,21H,5-10,19H2,1H3/b15-13-. The molecule has 1 aliphatic rings. The van der Waals surface area contributed by atoms with Gasteiger partial charge in [0.05, 0.1) is 12.7 Å². The first kappa shape index (κ1) is 19.4. The van der Waals surface area contributed by atoms with Crippen LogP contribution in [0.25, 0.3) is 0 Å². The highest BCUT2D eigenvalue weighted by atomic mass is 16.5. The molecule has 138 valence electrons. The fourth-order valence-corrected chi connectivity index (χ4v) is 2.68. The van der Waals surface area contributed by atoms with Crippen molar-refractivity contribution in [3.63, 3.8) is 0 Å². The van der Waals surface area contributed by atoms with Crippen LogP contribution in [0.3, 0.4) is 0 Å². The van der Waals surface area contributed by atoms with Crippen molar-refractivity contribution < 1.29 is 14.3 Å². The van der Waals surface area contributed by atoms with E-state index in [4.69, 9.17) is 5.73 Å². The van der Waals surface area contributed by atoms with Gasteiger partial charge in [-0.2, -0.15) is 5.26 Å². The van der Waals surface area contributed by atoms with E-state index in [-0.39, 0.29) is 11.5 Å². The van der Waals surface area contributed by atoms with Gasteiger partial charge in [-0.1, -0.05) is 6.07 Å². The second-order valence-corrected chi connectivity index (χ2v) is 5.81. The largest absolute Gasteiger partial charge is 0.465 e. The molecule has 0 bridgehead atoms. The van der Waals surface area contributed by atoms with Gasteiger partial charge in [0.1, 0.15) is 11.6 Å². The van der Waals surface area contributed by atoms with E-state index in [1.54, 1.807) is 29.2 Å². The lowest BCUT2D eigenvalue weighted by Crippen LogP contribution is -2.50. The van der Waals surface area contributed by atoms with Crippen LogP contribution in [0.15, 0.2) is 36.0 Å². The zero-order chi connectivity index (χ0) is 18.9. The number of hydrogen-bond acceptors (Lipinski definition) is 7. The number of nitrogens with zero attached hydrogens (tertiary/aromatic N) is 3. The Kier molecular flexibility index (Phi) is 7.14. The Morgan fingerprint density at radius 2 is 2.08 bits per heavy atom. The third-order valence-corrected chi connectivity index (χ3v) is 4.12. The van der Waals surface area contributed by atoms with Crippen molar-refractivity contribution in [2.75, 3.05) is 51.7 Å². The molecule has 1 saturated heterocycles. The Morgan fingerprint density at radius 1 is 1.35 bits per heavy atom. The van der Waals surface area contributed by atoms with Crippen LogP contribution in [0.5, 0.6) is 0 Å². The first-order valence-corrected chi connectivity index (χ1v) is 8.36. The predicted molar refractivity (Wildman–Crippen MR) is 97.2 cm³/mol. The average molecular weight is 357 g/mol. The van der Waals surface area contributed by atoms with Crippen molar-refractivity contribution in [3.8, 4) is 6.07 Å². The number of piperazine rings is 1. The van der Waals surface area contributed by atoms with Crippen LogP contribution in [0.4, 0.5) is 5.69 Å². The summed E-state index contributed by atoms with van der Waals surface area (Å²) in [5.41, 5.74) is 6.53. The molecule has 3 N–H and O–H groups in total. The summed E-state index contributed by atoms with van der Waals surface area (Å²) < 4.78 is 4.67. The van der Waals surface area contributed by atoms with Gasteiger partial charge in [0, 0.05) is 51.2 Å². The lowest BCUT2D eigenvalue weighted by Gasteiger charge is -2.34. The maximum atomic E-state index is 12.5. The van der Waals surface area contributed by atoms with Gasteiger partial charge in [-0.25, -0.2) is 4.79 Å². The summed E-state index contributed by atoms with van der Waals surface area (Å²) in [5, 5.41) is 12.2. The zero-order valence-electron chi connectivity index (χ0n) is 14.8. The van der Waals surface area contributed by atoms with E-state index in [0.29, 0.717) is 30.9 Å². The number of methoxy groups -OCH3 is 1. The molecule has 0 aliphatic carbocycles. The van der Waals surface area contributed by atoms with Gasteiger partial charge in [0.2, 0.25) is 0 Å². The Morgan fingerprint density at radius 3 is 2.69 bits per heavy atom. The molecule has 8 heteroatoms. The highest BCUT2D eigenvalue weighted by molar-refractivity contribution is 5.97. The van der Waals surface area contributed by atoms with E-state index in [1.165, 1.54) is 13.3 Å². The molecule has 0 atom stereocenters. The van der Waals surface area contributed by atoms with E-state index in [2.05, 4.69) is 15.0 Å². The van der Waals surface area contributed by atoms with Crippen LogP contribution in [0, 0.1) is 11.3 Å². The van der Waals surface area contributed by atoms with Crippen LogP contribution >= 0.6 is 0 Å². The number of amides is 1. The lowest BCUT2D eigenvalue weighted by molar-refractivity contribution is -0.128. The first-order valence-electron chi connectivity index (χ1n) is 8.36. The number of nitrogens with two attached hydrogens (primary N) is 1. The van der Waals surface area contributed by atoms with Crippen molar-refractivity contribution >= 4 is 17.6 Å². The smallest absolute Gasteiger partial charge is 0.337 e. The van der Waals surface area contributed by atoms with Crippen LogP contribution in [-0.2, 0) is 9.53 Å². The van der Waals surface area contributed by atoms with Gasteiger partial charge in [-0.3, -0.25) is 9.69 Å². The average Bonchev–Trinajstić information content (AvgIpc) is 2.68. The third-order valence-electron chi connectivity index (χ3n) is 4.12. The number of hydrogen-bond donors (Lipinski definition) is 2. The number of nitriles is 1. The van der Waals surface area contributed by atoms with Gasteiger partial charge in [0.15, 0.2) is 0 Å². The molecule has 0 spiro atoms. The molecule has 1 aliphatic heterocycles. The maximum absolute atomic E-state index is 12.5. The zero-order valence-corrected chi connectivity index (χ0v) is 14.8. The molecule has 2 rings (SSSR count). The second-order valence-electron chi connectivity index (χ2n) is 5.81. The minimum absolute atomic E-state index is 0.0146. The van der Waals surface area contributed by atoms with Gasteiger partial charge >= 0.3 is 5.97 Å². The fraction of sp³-hybridized carbons (Fsp3) is 0.389. The van der Waals surface area contributed by atoms with Crippen LogP contribution in [0.1, 0.15) is 10.4 Å². The molecule has 0 saturated carbocycles. The topological polar surface area (TPSA) is 112 Å². The van der Waals surface area contributed by atoms with E-state index in [9.17, 15) is 14.9 Å². The van der Waals surface area contributed by atoms with Gasteiger partial charge in [-0.05, 0) is 18.2 Å². The summed E-state index contributed by atoms with van der Waals surface area (Å²) >= 11 is 0. The van der Waals surface area contributed by atoms with Crippen molar-refractivity contribution in [1.29, 1.82) is 5.26 Å². The number of ether oxygens (including phenoxy) is 1. The van der Waals surface area contributed by atoms with Gasteiger partial charge in [0.25, 0.3) is 5.91 Å². The number of rotatable bonds is 6. The highest BCUT2D eigenvalue weighted by Gasteiger charge is 2.23. The van der Waals surface area contributed by atoms with E-state index < -0.39 is 5.97 Å². The van der Waals surface area contributed by atoms with E-state index >= 15 is 0 Å². The number of benzene rings is 1. The maximum Gasteiger partial charge on any atom is 0.337 e. The summed E-state index contributed by atoms with van der Waals surface area (Å²) in [6.07, 6.45) is 1.37. The Balaban J connectivity index is 2.01. The van der Waals surface area contributed by atoms with Crippen molar-refractivity contribution in [3.05, 3.63) is 41.6 Å². The number of carbonyl (C=O) groups excluding carboxylic acids is 2. The molecule has 26 heavy (non-hydrogen) atoms. The summed E-state index contributed by atoms with van der Waals surface area (Å²) in [6, 6.07) is 8.57. The molecule has 1 fully saturated rings. The normalized spacial score (nSPS) is 15.3. The van der Waals surface area contributed by atoms with Crippen LogP contribution < -0.4 is 11.1 Å². The van der Waals surface area contributed by atoms with Crippen molar-refractivity contribution in [1.82, 2.24) is 9.80 Å². The number of anilines is 1. The molecule has 1 heterocycles. The monoisotopic (exact) mass is 357 g/mol. The predicted octanol–water partition coefficient (Wildman–Crippen LogP) is 0.395.